The Morgan fingerprint density at radius 2 is 1.52 bits per heavy atom. The molecule has 2 heterocycles. The molecule has 0 bridgehead atoms. The number of benzene rings is 2. The van der Waals surface area contributed by atoms with E-state index in [9.17, 15) is 19.5 Å². The molecule has 4 rings (SSSR count). The Morgan fingerprint density at radius 3 is 2.17 bits per heavy atom. The van der Waals surface area contributed by atoms with Crippen molar-refractivity contribution in [3.63, 3.8) is 0 Å². The van der Waals surface area contributed by atoms with Gasteiger partial charge in [-0.2, -0.15) is 0 Å². The molecule has 0 saturated heterocycles. The number of rotatable bonds is 15. The van der Waals surface area contributed by atoms with E-state index < -0.39 is 24.0 Å². The first-order valence-electron chi connectivity index (χ1n) is 13.3. The number of carbonyl (C=O) groups is 3. The molecule has 0 amide bonds. The Morgan fingerprint density at radius 1 is 0.881 bits per heavy atom. The van der Waals surface area contributed by atoms with Crippen molar-refractivity contribution in [1.82, 2.24) is 9.47 Å². The van der Waals surface area contributed by atoms with Crippen molar-refractivity contribution in [2.24, 2.45) is 0 Å². The van der Waals surface area contributed by atoms with E-state index in [1.54, 1.807) is 35.5 Å². The quantitative estimate of drug-likeness (QED) is 0.223. The molecule has 3 N–H and O–H groups in total. The van der Waals surface area contributed by atoms with Crippen LogP contribution in [0.2, 0.25) is 0 Å². The van der Waals surface area contributed by atoms with E-state index in [0.29, 0.717) is 34.4 Å². The number of aromatic nitrogens is 1. The number of hydrogen-bond donors (Lipinski definition) is 3. The third kappa shape index (κ3) is 7.09. The van der Waals surface area contributed by atoms with Crippen LogP contribution in [0.4, 0.5) is 4.39 Å². The molecular weight excluding hydrogens is 555 g/mol. The molecule has 0 aliphatic carbocycles. The molecule has 1 atom stereocenters. The van der Waals surface area contributed by atoms with E-state index in [0.717, 1.165) is 5.39 Å². The lowest BCUT2D eigenvalue weighted by Crippen LogP contribution is -2.30. The fourth-order valence-corrected chi connectivity index (χ4v) is 4.75. The molecule has 0 saturated carbocycles. The van der Waals surface area contributed by atoms with E-state index >= 15 is 4.39 Å². The first-order valence-corrected chi connectivity index (χ1v) is 13.3. The smallest absolute Gasteiger partial charge is 0.303 e. The summed E-state index contributed by atoms with van der Waals surface area (Å²) in [5.41, 5.74) is 0.997. The highest BCUT2D eigenvalue weighted by molar-refractivity contribution is 5.92. The van der Waals surface area contributed by atoms with Gasteiger partial charge in [0.15, 0.2) is 28.8 Å². The van der Waals surface area contributed by atoms with E-state index in [-0.39, 0.29) is 69.4 Å². The summed E-state index contributed by atoms with van der Waals surface area (Å²) in [5, 5.41) is 29.4. The predicted molar refractivity (Wildman–Crippen MR) is 147 cm³/mol. The molecule has 3 aromatic rings. The largest absolute Gasteiger partial charge is 0.493 e. The second kappa shape index (κ2) is 13.5. The standard InChI is InChI=1S/C29H33FN2O10/c1-39-21-10-17-13-31(24(33)4-6-26(35)36)14-18(17)11-22(21)41-8-3-9-42-29-23(40-2)12-19-15-32(16-20(19)28(29)30)25(34)5-7-27(37)38/h10-14,25,34H,3-9,15-16H2,1-2H3,(H,35,36)(H,37,38). The molecule has 2 aromatic carbocycles. The average molecular weight is 589 g/mol. The number of aliphatic carboxylic acids is 2. The summed E-state index contributed by atoms with van der Waals surface area (Å²) in [4.78, 5) is 35.5. The van der Waals surface area contributed by atoms with Crippen molar-refractivity contribution in [1.29, 1.82) is 0 Å². The Kier molecular flexibility index (Phi) is 9.86. The van der Waals surface area contributed by atoms with E-state index in [1.807, 2.05) is 0 Å². The van der Waals surface area contributed by atoms with Crippen LogP contribution in [-0.4, -0.2) is 76.3 Å². The monoisotopic (exact) mass is 588 g/mol. The van der Waals surface area contributed by atoms with Gasteiger partial charge in [0.25, 0.3) is 0 Å². The Balaban J connectivity index is 1.36. The summed E-state index contributed by atoms with van der Waals surface area (Å²) in [7, 11) is 2.89. The first kappa shape index (κ1) is 30.6. The summed E-state index contributed by atoms with van der Waals surface area (Å²) < 4.78 is 39.2. The van der Waals surface area contributed by atoms with Crippen LogP contribution < -0.4 is 18.9 Å². The van der Waals surface area contributed by atoms with Crippen LogP contribution in [-0.2, 0) is 22.7 Å². The maximum atomic E-state index is 15.4. The summed E-state index contributed by atoms with van der Waals surface area (Å²) in [6.07, 6.45) is 2.02. The number of halogens is 1. The molecule has 0 fully saturated rings. The lowest BCUT2D eigenvalue weighted by molar-refractivity contribution is -0.139. The van der Waals surface area contributed by atoms with Crippen molar-refractivity contribution >= 4 is 28.6 Å². The number of methoxy groups -OCH3 is 2. The van der Waals surface area contributed by atoms with Gasteiger partial charge in [-0.15, -0.1) is 0 Å². The first-order chi connectivity index (χ1) is 20.1. The van der Waals surface area contributed by atoms with Gasteiger partial charge in [0.05, 0.1) is 33.9 Å². The van der Waals surface area contributed by atoms with E-state index in [2.05, 4.69) is 0 Å². The molecule has 0 radical (unpaired) electrons. The van der Waals surface area contributed by atoms with Gasteiger partial charge >= 0.3 is 11.9 Å². The number of ether oxygens (including phenoxy) is 4. The third-order valence-corrected chi connectivity index (χ3v) is 6.93. The molecule has 1 aromatic heterocycles. The highest BCUT2D eigenvalue weighted by Gasteiger charge is 2.31. The minimum absolute atomic E-state index is 0.0277. The third-order valence-electron chi connectivity index (χ3n) is 6.93. The second-order valence-electron chi connectivity index (χ2n) is 9.81. The molecule has 12 nitrogen and oxygen atoms in total. The number of hydrogen-bond acceptors (Lipinski definition) is 9. The molecule has 1 aliphatic rings. The lowest BCUT2D eigenvalue weighted by atomic mass is 10.1. The fraction of sp³-hybridized carbons (Fsp3) is 0.414. The summed E-state index contributed by atoms with van der Waals surface area (Å²) >= 11 is 0. The van der Waals surface area contributed by atoms with Crippen molar-refractivity contribution in [3.05, 3.63) is 47.5 Å². The van der Waals surface area contributed by atoms with E-state index in [4.69, 9.17) is 29.2 Å². The minimum Gasteiger partial charge on any atom is -0.493 e. The Hall–Kier alpha value is -4.36. The summed E-state index contributed by atoms with van der Waals surface area (Å²) in [6, 6.07) is 5.09. The van der Waals surface area contributed by atoms with Crippen LogP contribution in [0.1, 0.15) is 48.0 Å². The number of carboxylic acid groups (broad SMARTS) is 2. The SMILES string of the molecule is COc1cc2cn(C(=O)CCC(=O)O)cc2cc1OCCCOc1c(OC)cc2c(c1F)CN(C(O)CCC(=O)O)C2. The zero-order valence-electron chi connectivity index (χ0n) is 23.3. The van der Waals surface area contributed by atoms with Gasteiger partial charge in [-0.25, -0.2) is 4.39 Å². The molecular formula is C29H33FN2O10. The minimum atomic E-state index is -1.05. The van der Waals surface area contributed by atoms with Crippen LogP contribution in [0, 0.1) is 5.82 Å². The topological polar surface area (TPSA) is 157 Å². The van der Waals surface area contributed by atoms with Gasteiger partial charge in [-0.3, -0.25) is 23.9 Å². The normalized spacial score (nSPS) is 13.5. The van der Waals surface area contributed by atoms with Gasteiger partial charge in [0, 0.05) is 61.1 Å². The maximum Gasteiger partial charge on any atom is 0.303 e. The molecule has 13 heteroatoms. The Labute approximate surface area is 240 Å². The van der Waals surface area contributed by atoms with Crippen molar-refractivity contribution in [3.8, 4) is 23.0 Å². The highest BCUT2D eigenvalue weighted by Crippen LogP contribution is 2.39. The number of carbonyl (C=O) groups excluding carboxylic acids is 1. The van der Waals surface area contributed by atoms with Gasteiger partial charge in [-0.1, -0.05) is 0 Å². The van der Waals surface area contributed by atoms with Crippen LogP contribution >= 0.6 is 0 Å². The Bertz CT molecular complexity index is 1470. The van der Waals surface area contributed by atoms with Gasteiger partial charge in [0.2, 0.25) is 5.91 Å². The summed E-state index contributed by atoms with van der Waals surface area (Å²) in [5.74, 6) is -1.96. The lowest BCUT2D eigenvalue weighted by Gasteiger charge is -2.21. The average Bonchev–Trinajstić information content (AvgIpc) is 3.59. The maximum absolute atomic E-state index is 15.4. The number of aliphatic hydroxyl groups is 1. The molecule has 226 valence electrons. The van der Waals surface area contributed by atoms with E-state index in [1.165, 1.54) is 18.8 Å². The molecule has 1 aliphatic heterocycles. The van der Waals surface area contributed by atoms with Crippen LogP contribution in [0.3, 0.4) is 0 Å². The van der Waals surface area contributed by atoms with Crippen molar-refractivity contribution < 1.29 is 53.0 Å². The zero-order chi connectivity index (χ0) is 30.4. The van der Waals surface area contributed by atoms with Crippen LogP contribution in [0.25, 0.3) is 10.8 Å². The van der Waals surface area contributed by atoms with Crippen LogP contribution in [0.5, 0.6) is 23.0 Å². The number of fused-ring (bicyclic) bond motifs is 2. The van der Waals surface area contributed by atoms with Crippen LogP contribution in [0.15, 0.2) is 30.6 Å². The fourth-order valence-electron chi connectivity index (χ4n) is 4.75. The van der Waals surface area contributed by atoms with Crippen molar-refractivity contribution in [2.45, 2.75) is 51.4 Å². The number of aliphatic hydroxyl groups excluding tert-OH is 1. The summed E-state index contributed by atoms with van der Waals surface area (Å²) in [6.45, 7) is 0.679. The van der Waals surface area contributed by atoms with Crippen molar-refractivity contribution in [2.75, 3.05) is 27.4 Å². The van der Waals surface area contributed by atoms with Gasteiger partial charge in [0.1, 0.15) is 6.23 Å². The molecule has 42 heavy (non-hydrogen) atoms. The molecule has 1 unspecified atom stereocenters. The number of carboxylic acids is 2. The van der Waals surface area contributed by atoms with Gasteiger partial charge < -0.3 is 34.3 Å². The van der Waals surface area contributed by atoms with Gasteiger partial charge in [-0.05, 0) is 30.2 Å². The number of nitrogens with zero attached hydrogens (tertiary/aromatic N) is 2. The highest BCUT2D eigenvalue weighted by atomic mass is 19.1. The molecule has 0 spiro atoms. The zero-order valence-corrected chi connectivity index (χ0v) is 23.3. The second-order valence-corrected chi connectivity index (χ2v) is 9.81. The predicted octanol–water partition coefficient (Wildman–Crippen LogP) is 3.65.